The lowest BCUT2D eigenvalue weighted by Gasteiger charge is -2.22. The molecule has 2 aliphatic heterocycles. The summed E-state index contributed by atoms with van der Waals surface area (Å²) in [5.74, 6) is -0.351. The molecule has 0 aromatic heterocycles. The molecule has 0 bridgehead atoms. The van der Waals surface area contributed by atoms with Crippen LogP contribution in [0, 0.1) is 5.41 Å². The normalized spacial score (nSPS) is 24.7. The van der Waals surface area contributed by atoms with Gasteiger partial charge in [0, 0.05) is 18.5 Å². The zero-order valence-corrected chi connectivity index (χ0v) is 25.3. The van der Waals surface area contributed by atoms with E-state index in [9.17, 15) is 18.9 Å². The van der Waals surface area contributed by atoms with Gasteiger partial charge in [0.05, 0.1) is 27.5 Å². The number of ketones is 1. The van der Waals surface area contributed by atoms with E-state index in [1.54, 1.807) is 44.3 Å². The van der Waals surface area contributed by atoms with E-state index in [0.29, 0.717) is 31.5 Å². The van der Waals surface area contributed by atoms with Crippen LogP contribution in [0.1, 0.15) is 52.5 Å². The Bertz CT molecular complexity index is 1020. The number of nitrogens with one attached hydrogen (secondary N) is 1. The fourth-order valence-electron chi connectivity index (χ4n) is 4.36. The molecule has 2 aliphatic rings. The number of hydrogen-bond acceptors (Lipinski definition) is 10. The van der Waals surface area contributed by atoms with Crippen molar-refractivity contribution in [3.8, 4) is 0 Å². The predicted octanol–water partition coefficient (Wildman–Crippen LogP) is 4.89. The average Bonchev–Trinajstić information content (AvgIpc) is 3.49. The molecule has 8 nitrogen and oxygen atoms in total. The van der Waals surface area contributed by atoms with Crippen molar-refractivity contribution in [2.75, 3.05) is 38.0 Å². The second kappa shape index (κ2) is 13.8. The van der Waals surface area contributed by atoms with Crippen molar-refractivity contribution < 1.29 is 32.9 Å². The second-order valence-corrected chi connectivity index (χ2v) is 16.7. The first-order valence-corrected chi connectivity index (χ1v) is 17.0. The van der Waals surface area contributed by atoms with Crippen molar-refractivity contribution in [3.63, 3.8) is 0 Å². The Kier molecular flexibility index (Phi) is 11.4. The van der Waals surface area contributed by atoms with Gasteiger partial charge < -0.3 is 19.3 Å². The minimum Gasteiger partial charge on any atom is -0.427 e. The number of esters is 2. The number of aryl methyl sites for hydroxylation is 1. The van der Waals surface area contributed by atoms with Crippen molar-refractivity contribution in [3.05, 3.63) is 35.9 Å². The Morgan fingerprint density at radius 1 is 1.13 bits per heavy atom. The molecular weight excluding hydrogens is 545 g/mol. The zero-order chi connectivity index (χ0) is 27.8. The topological polar surface area (TPSA) is 108 Å². The summed E-state index contributed by atoms with van der Waals surface area (Å²) in [6, 6.07) is 9.65. The molecule has 0 aliphatic carbocycles. The molecule has 1 N–H and O–H groups in total. The smallest absolute Gasteiger partial charge is 0.326 e. The van der Waals surface area contributed by atoms with Gasteiger partial charge in [-0.3, -0.25) is 18.9 Å². The Hall–Kier alpha value is -1.32. The molecule has 38 heavy (non-hydrogen) atoms. The molecule has 2 fully saturated rings. The van der Waals surface area contributed by atoms with Gasteiger partial charge in [-0.2, -0.15) is 0 Å². The molecule has 1 aromatic carbocycles. The molecule has 2 heterocycles. The number of carbonyl (C=O) groups excluding carboxylic acids is 3. The zero-order valence-electron chi connectivity index (χ0n) is 22.7. The highest BCUT2D eigenvalue weighted by Gasteiger charge is 2.50. The van der Waals surface area contributed by atoms with Crippen molar-refractivity contribution >= 4 is 48.6 Å². The molecule has 3 rings (SSSR count). The van der Waals surface area contributed by atoms with E-state index in [-0.39, 0.29) is 21.3 Å². The molecule has 11 heteroatoms. The number of hydrogen-bond donors (Lipinski definition) is 1. The number of unbranched alkanes of at least 4 members (excludes halogenated alkanes) is 1. The largest absolute Gasteiger partial charge is 0.427 e. The van der Waals surface area contributed by atoms with Gasteiger partial charge in [0.25, 0.3) is 0 Å². The van der Waals surface area contributed by atoms with Gasteiger partial charge in [0.1, 0.15) is 6.04 Å². The monoisotopic (exact) mass is 585 g/mol. The maximum atomic E-state index is 13.5. The van der Waals surface area contributed by atoms with Gasteiger partial charge >= 0.3 is 11.9 Å². The van der Waals surface area contributed by atoms with Crippen LogP contribution in [0.15, 0.2) is 30.3 Å². The van der Waals surface area contributed by atoms with Crippen LogP contribution >= 0.6 is 30.9 Å². The van der Waals surface area contributed by atoms with Gasteiger partial charge in [0.2, 0.25) is 14.2 Å². The molecule has 2 saturated heterocycles. The van der Waals surface area contributed by atoms with Gasteiger partial charge in [-0.1, -0.05) is 30.3 Å². The Morgan fingerprint density at radius 2 is 1.87 bits per heavy atom. The minimum absolute atomic E-state index is 0.0423. The van der Waals surface area contributed by atoms with Gasteiger partial charge in [0.15, 0.2) is 5.78 Å². The Labute approximate surface area is 234 Å². The van der Waals surface area contributed by atoms with E-state index in [4.69, 9.17) is 14.0 Å². The van der Waals surface area contributed by atoms with E-state index in [1.165, 1.54) is 5.56 Å². The predicted molar refractivity (Wildman–Crippen MR) is 153 cm³/mol. The highest BCUT2D eigenvalue weighted by Crippen LogP contribution is 2.55. The third kappa shape index (κ3) is 9.12. The fraction of sp³-hybridized carbons (Fsp3) is 0.667. The summed E-state index contributed by atoms with van der Waals surface area (Å²) in [6.45, 7) is 7.44. The molecule has 1 aromatic rings. The number of Topliss-reactive ketones (excluding diaryl/α,β-unsaturated/α-hetero) is 1. The lowest BCUT2D eigenvalue weighted by molar-refractivity contribution is -0.174. The Morgan fingerprint density at radius 3 is 2.55 bits per heavy atom. The van der Waals surface area contributed by atoms with Crippen LogP contribution in [0.2, 0.25) is 0 Å². The highest BCUT2D eigenvalue weighted by atomic mass is 32.2. The first-order chi connectivity index (χ1) is 18.0. The van der Waals surface area contributed by atoms with Crippen LogP contribution in [0.5, 0.6) is 0 Å². The Balaban J connectivity index is 1.44. The molecule has 0 saturated carbocycles. The second-order valence-electron chi connectivity index (χ2n) is 10.8. The van der Waals surface area contributed by atoms with Crippen molar-refractivity contribution in [2.45, 2.75) is 68.7 Å². The third-order valence-electron chi connectivity index (χ3n) is 6.45. The van der Waals surface area contributed by atoms with Crippen LogP contribution in [-0.2, 0) is 39.4 Å². The third-order valence-corrected chi connectivity index (χ3v) is 12.6. The van der Waals surface area contributed by atoms with E-state index >= 15 is 0 Å². The fourth-order valence-corrected chi connectivity index (χ4v) is 10.3. The van der Waals surface area contributed by atoms with Gasteiger partial charge in [-0.05, 0) is 58.9 Å². The molecule has 0 radical (unpaired) electrons. The summed E-state index contributed by atoms with van der Waals surface area (Å²) in [6.07, 6.45) is 3.41. The van der Waals surface area contributed by atoms with Crippen LogP contribution in [0.3, 0.4) is 0 Å². The van der Waals surface area contributed by atoms with E-state index < -0.39 is 37.6 Å². The van der Waals surface area contributed by atoms with E-state index in [0.717, 1.165) is 19.3 Å². The lowest BCUT2D eigenvalue weighted by atomic mass is 9.98. The lowest BCUT2D eigenvalue weighted by Crippen LogP contribution is -2.33. The number of thioether (sulfide) groups is 2. The highest BCUT2D eigenvalue weighted by molar-refractivity contribution is 8.22. The van der Waals surface area contributed by atoms with Crippen molar-refractivity contribution in [1.82, 2.24) is 5.32 Å². The standard InChI is InChI=1S/C27H40NO7PS2/c1-5-35-36(32,14-10-9-13-20-11-7-6-8-12-20)16-22(29)23-17-37-27(38-23)15-21(28-18-27)24(30)33-19-34-25(31)26(2,3)4/h6-8,11-12,21,23,28H,5,9-10,13-19H2,1-4H3. The summed E-state index contributed by atoms with van der Waals surface area (Å²) in [5, 5.41) is 2.90. The van der Waals surface area contributed by atoms with E-state index in [1.807, 2.05) is 25.1 Å². The number of rotatable bonds is 13. The van der Waals surface area contributed by atoms with Crippen molar-refractivity contribution in [1.29, 1.82) is 0 Å². The molecule has 212 valence electrons. The average molecular weight is 586 g/mol. The first-order valence-electron chi connectivity index (χ1n) is 13.1. The maximum Gasteiger partial charge on any atom is 0.326 e. The molecule has 1 spiro atoms. The molecule has 4 unspecified atom stereocenters. The summed E-state index contributed by atoms with van der Waals surface area (Å²) in [4.78, 5) is 37.5. The van der Waals surface area contributed by atoms with Crippen LogP contribution < -0.4 is 5.32 Å². The first kappa shape index (κ1) is 31.2. The van der Waals surface area contributed by atoms with Crippen LogP contribution in [0.4, 0.5) is 0 Å². The van der Waals surface area contributed by atoms with Gasteiger partial charge in [-0.15, -0.1) is 23.5 Å². The number of carbonyl (C=O) groups is 3. The van der Waals surface area contributed by atoms with E-state index in [2.05, 4.69) is 17.4 Å². The van der Waals surface area contributed by atoms with Crippen molar-refractivity contribution in [2.24, 2.45) is 5.41 Å². The summed E-state index contributed by atoms with van der Waals surface area (Å²) in [5.41, 5.74) is 0.576. The molecular formula is C27H40NO7PS2. The van der Waals surface area contributed by atoms with Crippen LogP contribution in [0.25, 0.3) is 0 Å². The molecule has 0 amide bonds. The maximum absolute atomic E-state index is 13.5. The number of benzene rings is 1. The quantitative estimate of drug-likeness (QED) is 0.149. The summed E-state index contributed by atoms with van der Waals surface area (Å²) < 4.78 is 29.0. The minimum atomic E-state index is -3.06. The molecule has 4 atom stereocenters. The summed E-state index contributed by atoms with van der Waals surface area (Å²) >= 11 is 3.20. The SMILES string of the molecule is CCOP(=O)(CCCCc1ccccc1)CC(=O)C1CSC2(CNC(C(=O)OCOC(=O)C(C)(C)C)C2)S1. The van der Waals surface area contributed by atoms with Crippen LogP contribution in [-0.4, -0.2) is 71.1 Å². The number of ether oxygens (including phenoxy) is 2. The van der Waals surface area contributed by atoms with Gasteiger partial charge in [-0.25, -0.2) is 0 Å². The summed E-state index contributed by atoms with van der Waals surface area (Å²) in [7, 11) is -3.06.